The highest BCUT2D eigenvalue weighted by Gasteiger charge is 2.09. The average molecular weight is 386 g/mol. The minimum absolute atomic E-state index is 0.0223. The second-order valence-electron chi connectivity index (χ2n) is 6.96. The molecule has 1 amide bonds. The Balaban J connectivity index is 1.37. The molecule has 0 aliphatic carbocycles. The lowest BCUT2D eigenvalue weighted by Gasteiger charge is -2.06. The van der Waals surface area contributed by atoms with Gasteiger partial charge in [0.15, 0.2) is 5.58 Å². The van der Waals surface area contributed by atoms with Crippen LogP contribution in [0.3, 0.4) is 0 Å². The molecule has 0 unspecified atom stereocenters. The van der Waals surface area contributed by atoms with E-state index in [0.29, 0.717) is 18.7 Å². The van der Waals surface area contributed by atoms with E-state index in [1.165, 1.54) is 0 Å². The molecule has 1 N–H and O–H groups in total. The Kier molecular flexibility index (Phi) is 5.29. The third kappa shape index (κ3) is 4.46. The van der Waals surface area contributed by atoms with Crippen molar-refractivity contribution in [3.63, 3.8) is 0 Å². The van der Waals surface area contributed by atoms with Gasteiger partial charge in [-0.2, -0.15) is 0 Å². The summed E-state index contributed by atoms with van der Waals surface area (Å²) in [6.45, 7) is 2.03. The number of carbonyl (C=O) groups is 1. The van der Waals surface area contributed by atoms with E-state index in [4.69, 9.17) is 9.15 Å². The summed E-state index contributed by atoms with van der Waals surface area (Å²) in [7, 11) is 1.64. The summed E-state index contributed by atoms with van der Waals surface area (Å²) in [6.07, 6.45) is 1.09. The first kappa shape index (κ1) is 18.7. The van der Waals surface area contributed by atoms with Crippen molar-refractivity contribution in [3.8, 4) is 17.2 Å². The van der Waals surface area contributed by atoms with Gasteiger partial charge in [0.2, 0.25) is 11.8 Å². The maximum Gasteiger partial charge on any atom is 0.227 e. The van der Waals surface area contributed by atoms with Crippen LogP contribution in [0.25, 0.3) is 22.6 Å². The monoisotopic (exact) mass is 386 g/mol. The molecule has 0 radical (unpaired) electrons. The predicted molar refractivity (Wildman–Crippen MR) is 114 cm³/mol. The van der Waals surface area contributed by atoms with Crippen LogP contribution in [0.5, 0.6) is 5.75 Å². The Morgan fingerprint density at radius 3 is 2.52 bits per heavy atom. The molecule has 4 aromatic rings. The number of aryl methyl sites for hydroxylation is 2. The van der Waals surface area contributed by atoms with Crippen LogP contribution >= 0.6 is 0 Å². The van der Waals surface area contributed by atoms with Crippen LogP contribution in [-0.2, 0) is 11.2 Å². The lowest BCUT2D eigenvalue weighted by atomic mass is 10.1. The van der Waals surface area contributed by atoms with Gasteiger partial charge in [-0.1, -0.05) is 18.2 Å². The van der Waals surface area contributed by atoms with Gasteiger partial charge in [0.05, 0.1) is 7.11 Å². The van der Waals surface area contributed by atoms with Crippen molar-refractivity contribution in [2.45, 2.75) is 19.8 Å². The van der Waals surface area contributed by atoms with Gasteiger partial charge in [-0.15, -0.1) is 0 Å². The first-order valence-corrected chi connectivity index (χ1v) is 9.51. The number of rotatable bonds is 6. The molecule has 0 fully saturated rings. The summed E-state index contributed by atoms with van der Waals surface area (Å²) in [4.78, 5) is 16.8. The van der Waals surface area contributed by atoms with Crippen molar-refractivity contribution in [2.24, 2.45) is 0 Å². The van der Waals surface area contributed by atoms with Crippen molar-refractivity contribution < 1.29 is 13.9 Å². The summed E-state index contributed by atoms with van der Waals surface area (Å²) in [5, 5.41) is 2.93. The molecule has 0 bridgehead atoms. The number of aromatic nitrogens is 1. The largest absolute Gasteiger partial charge is 0.497 e. The van der Waals surface area contributed by atoms with Gasteiger partial charge in [-0.3, -0.25) is 4.79 Å². The fraction of sp³-hybridized carbons (Fsp3) is 0.167. The number of carbonyl (C=O) groups excluding carboxylic acids is 1. The summed E-state index contributed by atoms with van der Waals surface area (Å²) in [5.74, 6) is 1.36. The van der Waals surface area contributed by atoms with Crippen LogP contribution in [0.1, 0.15) is 17.5 Å². The Bertz CT molecular complexity index is 1130. The zero-order valence-corrected chi connectivity index (χ0v) is 16.4. The van der Waals surface area contributed by atoms with Crippen molar-refractivity contribution >= 4 is 22.7 Å². The number of amides is 1. The van der Waals surface area contributed by atoms with E-state index in [2.05, 4.69) is 10.3 Å². The van der Waals surface area contributed by atoms with Crippen LogP contribution in [0, 0.1) is 6.92 Å². The summed E-state index contributed by atoms with van der Waals surface area (Å²) >= 11 is 0. The molecule has 29 heavy (non-hydrogen) atoms. The second kappa shape index (κ2) is 8.19. The zero-order valence-electron chi connectivity index (χ0n) is 16.4. The van der Waals surface area contributed by atoms with Gasteiger partial charge in [-0.05, 0) is 73.0 Å². The number of hydrogen-bond acceptors (Lipinski definition) is 4. The summed E-state index contributed by atoms with van der Waals surface area (Å²) < 4.78 is 11.0. The first-order chi connectivity index (χ1) is 14.1. The van der Waals surface area contributed by atoms with Gasteiger partial charge in [-0.25, -0.2) is 4.98 Å². The third-order valence-corrected chi connectivity index (χ3v) is 4.76. The Morgan fingerprint density at radius 2 is 1.79 bits per heavy atom. The summed E-state index contributed by atoms with van der Waals surface area (Å²) in [5.41, 5.74) is 5.47. The van der Waals surface area contributed by atoms with Crippen molar-refractivity contribution in [3.05, 3.63) is 77.9 Å². The lowest BCUT2D eigenvalue weighted by molar-refractivity contribution is -0.116. The van der Waals surface area contributed by atoms with Gasteiger partial charge >= 0.3 is 0 Å². The maximum atomic E-state index is 12.2. The molecule has 5 heteroatoms. The second-order valence-corrected chi connectivity index (χ2v) is 6.96. The Hall–Kier alpha value is -3.60. The van der Waals surface area contributed by atoms with Crippen LogP contribution in [-0.4, -0.2) is 18.0 Å². The van der Waals surface area contributed by atoms with Crippen molar-refractivity contribution in [2.75, 3.05) is 12.4 Å². The quantitative estimate of drug-likeness (QED) is 0.483. The summed E-state index contributed by atoms with van der Waals surface area (Å²) in [6, 6.07) is 21.2. The van der Waals surface area contributed by atoms with Gasteiger partial charge in [0.1, 0.15) is 11.3 Å². The molecule has 3 aromatic carbocycles. The van der Waals surface area contributed by atoms with Gasteiger partial charge in [0, 0.05) is 17.7 Å². The standard InChI is InChI=1S/C24H22N2O3/c1-16-3-13-22-21(15-16)26-24(29-22)18-7-9-19(10-8-18)25-23(27)14-6-17-4-11-20(28-2)12-5-17/h3-5,7-13,15H,6,14H2,1-2H3,(H,25,27). The van der Waals surface area contributed by atoms with Crippen molar-refractivity contribution in [1.82, 2.24) is 4.98 Å². The number of anilines is 1. The molecule has 146 valence electrons. The number of hydrogen-bond donors (Lipinski definition) is 1. The molecule has 4 rings (SSSR count). The van der Waals surface area contributed by atoms with E-state index in [1.54, 1.807) is 7.11 Å². The number of oxazole rings is 1. The molecule has 0 spiro atoms. The molecule has 0 saturated heterocycles. The molecular formula is C24H22N2O3. The van der Waals surface area contributed by atoms with Gasteiger partial charge in [0.25, 0.3) is 0 Å². The van der Waals surface area contributed by atoms with E-state index in [1.807, 2.05) is 73.7 Å². The molecule has 0 aliphatic heterocycles. The number of nitrogens with one attached hydrogen (secondary N) is 1. The molecule has 1 heterocycles. The minimum atomic E-state index is -0.0223. The third-order valence-electron chi connectivity index (χ3n) is 4.76. The van der Waals surface area contributed by atoms with E-state index >= 15 is 0 Å². The van der Waals surface area contributed by atoms with Crippen LogP contribution in [0.4, 0.5) is 5.69 Å². The fourth-order valence-corrected chi connectivity index (χ4v) is 3.13. The smallest absolute Gasteiger partial charge is 0.227 e. The molecule has 0 saturated carbocycles. The number of ether oxygens (including phenoxy) is 1. The van der Waals surface area contributed by atoms with E-state index in [-0.39, 0.29) is 5.91 Å². The lowest BCUT2D eigenvalue weighted by Crippen LogP contribution is -2.12. The zero-order chi connectivity index (χ0) is 20.2. The molecule has 0 atom stereocenters. The van der Waals surface area contributed by atoms with Gasteiger partial charge < -0.3 is 14.5 Å². The first-order valence-electron chi connectivity index (χ1n) is 9.51. The molecule has 1 aromatic heterocycles. The van der Waals surface area contributed by atoms with Crippen LogP contribution in [0.15, 0.2) is 71.1 Å². The predicted octanol–water partition coefficient (Wildman–Crippen LogP) is 5.38. The average Bonchev–Trinajstić information content (AvgIpc) is 3.16. The SMILES string of the molecule is COc1ccc(CCC(=O)Nc2ccc(-c3nc4cc(C)ccc4o3)cc2)cc1. The number of fused-ring (bicyclic) bond motifs is 1. The fourth-order valence-electron chi connectivity index (χ4n) is 3.13. The Morgan fingerprint density at radius 1 is 1.03 bits per heavy atom. The van der Waals surface area contributed by atoms with Crippen molar-refractivity contribution in [1.29, 1.82) is 0 Å². The number of methoxy groups -OCH3 is 1. The highest BCUT2D eigenvalue weighted by molar-refractivity contribution is 5.91. The van der Waals surface area contributed by atoms with E-state index < -0.39 is 0 Å². The highest BCUT2D eigenvalue weighted by Crippen LogP contribution is 2.26. The molecule has 0 aliphatic rings. The normalized spacial score (nSPS) is 10.8. The van der Waals surface area contributed by atoms with Crippen LogP contribution < -0.4 is 10.1 Å². The highest BCUT2D eigenvalue weighted by atomic mass is 16.5. The topological polar surface area (TPSA) is 64.4 Å². The van der Waals surface area contributed by atoms with Crippen LogP contribution in [0.2, 0.25) is 0 Å². The molecule has 5 nitrogen and oxygen atoms in total. The molecular weight excluding hydrogens is 364 g/mol. The van der Waals surface area contributed by atoms with E-state index in [0.717, 1.165) is 39.2 Å². The Labute approximate surface area is 169 Å². The maximum absolute atomic E-state index is 12.2. The van der Waals surface area contributed by atoms with E-state index in [9.17, 15) is 4.79 Å². The number of nitrogens with zero attached hydrogens (tertiary/aromatic N) is 1. The minimum Gasteiger partial charge on any atom is -0.497 e. The number of benzene rings is 3.